The molecule has 0 aliphatic rings. The minimum absolute atomic E-state index is 0.394. The molecule has 0 aromatic heterocycles. The number of carbonyl (C=O) groups excluding carboxylic acids is 2. The van der Waals surface area contributed by atoms with E-state index in [0.29, 0.717) is 22.6 Å². The number of benzene rings is 4. The lowest BCUT2D eigenvalue weighted by Gasteiger charge is -2.08. The summed E-state index contributed by atoms with van der Waals surface area (Å²) in [6.07, 6.45) is 0. The van der Waals surface area contributed by atoms with Crippen LogP contribution in [0.1, 0.15) is 26.3 Å². The van der Waals surface area contributed by atoms with E-state index in [4.69, 9.17) is 9.47 Å². The van der Waals surface area contributed by atoms with Gasteiger partial charge >= 0.3 is 11.9 Å². The normalized spacial score (nSPS) is 10.4. The van der Waals surface area contributed by atoms with E-state index < -0.39 is 11.9 Å². The van der Waals surface area contributed by atoms with Crippen molar-refractivity contribution in [3.05, 3.63) is 120 Å². The van der Waals surface area contributed by atoms with E-state index in [1.807, 2.05) is 61.5 Å². The van der Waals surface area contributed by atoms with Gasteiger partial charge in [-0.2, -0.15) is 0 Å². The molecule has 152 valence electrons. The first-order valence-electron chi connectivity index (χ1n) is 9.85. The van der Waals surface area contributed by atoms with Crippen LogP contribution in [-0.4, -0.2) is 11.9 Å². The highest BCUT2D eigenvalue weighted by atomic mass is 16.5. The summed E-state index contributed by atoms with van der Waals surface area (Å²) in [4.78, 5) is 24.5. The standard InChI is InChI=1S/C27H20O4/c1-19-7-9-22(10-8-19)26(28)31-25-17-15-21(16-18-25)20-11-13-23(14-12-20)27(29)30-24-5-3-2-4-6-24/h2-18H,1H3. The average molecular weight is 408 g/mol. The molecule has 0 saturated heterocycles. The first-order valence-corrected chi connectivity index (χ1v) is 9.85. The van der Waals surface area contributed by atoms with Crippen molar-refractivity contribution < 1.29 is 19.1 Å². The highest BCUT2D eigenvalue weighted by Crippen LogP contribution is 2.24. The number of hydrogen-bond acceptors (Lipinski definition) is 4. The second-order valence-corrected chi connectivity index (χ2v) is 7.06. The van der Waals surface area contributed by atoms with Crippen LogP contribution in [0.25, 0.3) is 11.1 Å². The van der Waals surface area contributed by atoms with Crippen LogP contribution < -0.4 is 9.47 Å². The van der Waals surface area contributed by atoms with E-state index in [-0.39, 0.29) is 0 Å². The molecule has 0 unspecified atom stereocenters. The number of ether oxygens (including phenoxy) is 2. The molecule has 0 bridgehead atoms. The largest absolute Gasteiger partial charge is 0.423 e. The third-order valence-corrected chi connectivity index (χ3v) is 4.76. The minimum atomic E-state index is -0.406. The molecule has 0 radical (unpaired) electrons. The van der Waals surface area contributed by atoms with Gasteiger partial charge in [0, 0.05) is 0 Å². The van der Waals surface area contributed by atoms with Crippen molar-refractivity contribution in [3.63, 3.8) is 0 Å². The monoisotopic (exact) mass is 408 g/mol. The molecule has 4 aromatic carbocycles. The van der Waals surface area contributed by atoms with Crippen molar-refractivity contribution in [1.29, 1.82) is 0 Å². The topological polar surface area (TPSA) is 52.6 Å². The smallest absolute Gasteiger partial charge is 0.343 e. The zero-order valence-corrected chi connectivity index (χ0v) is 16.9. The van der Waals surface area contributed by atoms with Crippen LogP contribution in [-0.2, 0) is 0 Å². The SMILES string of the molecule is Cc1ccc(C(=O)Oc2ccc(-c3ccc(C(=O)Oc4ccccc4)cc3)cc2)cc1. The maximum absolute atomic E-state index is 12.3. The molecule has 31 heavy (non-hydrogen) atoms. The fraction of sp³-hybridized carbons (Fsp3) is 0.0370. The Balaban J connectivity index is 1.41. The van der Waals surface area contributed by atoms with Gasteiger partial charge in [0.1, 0.15) is 11.5 Å². The molecular formula is C27H20O4. The maximum atomic E-state index is 12.3. The third kappa shape index (κ3) is 5.06. The fourth-order valence-corrected chi connectivity index (χ4v) is 3.02. The zero-order chi connectivity index (χ0) is 21.6. The second-order valence-electron chi connectivity index (χ2n) is 7.06. The first kappa shape index (κ1) is 20.1. The van der Waals surface area contributed by atoms with Gasteiger partial charge in [-0.3, -0.25) is 0 Å². The predicted molar refractivity (Wildman–Crippen MR) is 119 cm³/mol. The van der Waals surface area contributed by atoms with Gasteiger partial charge in [0.05, 0.1) is 11.1 Å². The highest BCUT2D eigenvalue weighted by molar-refractivity contribution is 5.92. The summed E-state index contributed by atoms with van der Waals surface area (Å²) in [5, 5.41) is 0. The Bertz CT molecular complexity index is 1180. The van der Waals surface area contributed by atoms with Crippen LogP contribution in [0.15, 0.2) is 103 Å². The molecular weight excluding hydrogens is 388 g/mol. The molecule has 0 atom stereocenters. The van der Waals surface area contributed by atoms with Crippen molar-refractivity contribution >= 4 is 11.9 Å². The van der Waals surface area contributed by atoms with Gasteiger partial charge in [-0.15, -0.1) is 0 Å². The van der Waals surface area contributed by atoms with Gasteiger partial charge in [0.2, 0.25) is 0 Å². The van der Waals surface area contributed by atoms with Crippen molar-refractivity contribution in [2.24, 2.45) is 0 Å². The number of esters is 2. The Morgan fingerprint density at radius 1 is 0.516 bits per heavy atom. The van der Waals surface area contributed by atoms with E-state index >= 15 is 0 Å². The summed E-state index contributed by atoms with van der Waals surface area (Å²) in [5.74, 6) is 0.176. The van der Waals surface area contributed by atoms with Crippen LogP contribution in [0.3, 0.4) is 0 Å². The van der Waals surface area contributed by atoms with E-state index in [9.17, 15) is 9.59 Å². The van der Waals surface area contributed by atoms with Crippen molar-refractivity contribution in [2.75, 3.05) is 0 Å². The number of rotatable bonds is 5. The summed E-state index contributed by atoms with van der Waals surface area (Å²) in [7, 11) is 0. The van der Waals surface area contributed by atoms with E-state index in [1.54, 1.807) is 48.5 Å². The number of hydrogen-bond donors (Lipinski definition) is 0. The molecule has 0 saturated carbocycles. The van der Waals surface area contributed by atoms with Gasteiger partial charge in [-0.25, -0.2) is 9.59 Å². The second kappa shape index (κ2) is 9.09. The number of para-hydroxylation sites is 1. The Kier molecular flexibility index (Phi) is 5.90. The van der Waals surface area contributed by atoms with Crippen LogP contribution in [0.5, 0.6) is 11.5 Å². The molecule has 4 nitrogen and oxygen atoms in total. The van der Waals surface area contributed by atoms with Crippen molar-refractivity contribution in [3.8, 4) is 22.6 Å². The molecule has 0 aliphatic carbocycles. The minimum Gasteiger partial charge on any atom is -0.423 e. The van der Waals surface area contributed by atoms with Gasteiger partial charge in [0.25, 0.3) is 0 Å². The van der Waals surface area contributed by atoms with E-state index in [1.165, 1.54) is 0 Å². The summed E-state index contributed by atoms with van der Waals surface area (Å²) < 4.78 is 10.8. The highest BCUT2D eigenvalue weighted by Gasteiger charge is 2.10. The van der Waals surface area contributed by atoms with Gasteiger partial charge < -0.3 is 9.47 Å². The number of carbonyl (C=O) groups is 2. The lowest BCUT2D eigenvalue weighted by atomic mass is 10.0. The van der Waals surface area contributed by atoms with Gasteiger partial charge in [0.15, 0.2) is 0 Å². The molecule has 0 spiro atoms. The van der Waals surface area contributed by atoms with Crippen LogP contribution in [0.4, 0.5) is 0 Å². The van der Waals surface area contributed by atoms with Crippen molar-refractivity contribution in [1.82, 2.24) is 0 Å². The Hall–Kier alpha value is -4.18. The Labute approximate surface area is 180 Å². The Morgan fingerprint density at radius 2 is 0.935 bits per heavy atom. The van der Waals surface area contributed by atoms with Gasteiger partial charge in [-0.1, -0.05) is 60.2 Å². The lowest BCUT2D eigenvalue weighted by Crippen LogP contribution is -2.08. The molecule has 0 N–H and O–H groups in total. The summed E-state index contributed by atoms with van der Waals surface area (Å²) in [6.45, 7) is 1.96. The summed E-state index contributed by atoms with van der Waals surface area (Å²) >= 11 is 0. The summed E-state index contributed by atoms with van der Waals surface area (Å²) in [6, 6.07) is 30.6. The van der Waals surface area contributed by atoms with Crippen LogP contribution in [0.2, 0.25) is 0 Å². The van der Waals surface area contributed by atoms with Crippen LogP contribution >= 0.6 is 0 Å². The average Bonchev–Trinajstić information content (AvgIpc) is 2.81. The quantitative estimate of drug-likeness (QED) is 0.296. The Morgan fingerprint density at radius 3 is 1.45 bits per heavy atom. The maximum Gasteiger partial charge on any atom is 0.343 e. The third-order valence-electron chi connectivity index (χ3n) is 4.76. The fourth-order valence-electron chi connectivity index (χ4n) is 3.02. The number of aryl methyl sites for hydroxylation is 1. The first-order chi connectivity index (χ1) is 15.1. The van der Waals surface area contributed by atoms with Crippen LogP contribution in [0, 0.1) is 6.92 Å². The van der Waals surface area contributed by atoms with E-state index in [2.05, 4.69) is 0 Å². The van der Waals surface area contributed by atoms with Crippen molar-refractivity contribution in [2.45, 2.75) is 6.92 Å². The predicted octanol–water partition coefficient (Wildman–Crippen LogP) is 6.10. The lowest BCUT2D eigenvalue weighted by molar-refractivity contribution is 0.0725. The molecule has 4 rings (SSSR count). The molecule has 0 fully saturated rings. The molecule has 4 heteroatoms. The van der Waals surface area contributed by atoms with E-state index in [0.717, 1.165) is 16.7 Å². The zero-order valence-electron chi connectivity index (χ0n) is 16.9. The molecule has 0 aliphatic heterocycles. The molecule has 0 heterocycles. The van der Waals surface area contributed by atoms with Gasteiger partial charge in [-0.05, 0) is 66.6 Å². The molecule has 4 aromatic rings. The summed E-state index contributed by atoms with van der Waals surface area (Å²) in [5.41, 5.74) is 3.94. The molecule has 0 amide bonds.